The Kier molecular flexibility index (Phi) is 2.63. The summed E-state index contributed by atoms with van der Waals surface area (Å²) in [5.41, 5.74) is 4.29. The molecule has 1 saturated heterocycles. The largest absolute Gasteiger partial charge is 0.342 e. The maximum Gasteiger partial charge on any atom is 0.189 e. The summed E-state index contributed by atoms with van der Waals surface area (Å²) in [6.07, 6.45) is 0.969. The number of rotatable bonds is 2. The third kappa shape index (κ3) is 1.96. The molecule has 1 aliphatic rings. The van der Waals surface area contributed by atoms with Gasteiger partial charge in [-0.25, -0.2) is 5.43 Å². The van der Waals surface area contributed by atoms with Gasteiger partial charge in [0.25, 0.3) is 0 Å². The summed E-state index contributed by atoms with van der Waals surface area (Å²) >= 11 is 5.29. The molecule has 0 radical (unpaired) electrons. The van der Waals surface area contributed by atoms with Gasteiger partial charge < -0.3 is 5.32 Å². The second-order valence-electron chi connectivity index (χ2n) is 3.90. The molecule has 1 aromatic carbocycles. The van der Waals surface area contributed by atoms with E-state index in [4.69, 9.17) is 12.2 Å². The van der Waals surface area contributed by atoms with E-state index in [2.05, 4.69) is 24.6 Å². The lowest BCUT2D eigenvalue weighted by molar-refractivity contribution is 0.362. The first kappa shape index (κ1) is 10.4. The van der Waals surface area contributed by atoms with Crippen LogP contribution in [-0.2, 0) is 0 Å². The fourth-order valence-corrected chi connectivity index (χ4v) is 1.92. The molecule has 4 heteroatoms. The minimum Gasteiger partial charge on any atom is -0.342 e. The predicted octanol–water partition coefficient (Wildman–Crippen LogP) is 2.01. The van der Waals surface area contributed by atoms with Crippen LogP contribution in [0.4, 0.5) is 5.69 Å². The van der Waals surface area contributed by atoms with Crippen LogP contribution in [0.1, 0.15) is 20.3 Å². The van der Waals surface area contributed by atoms with Crippen molar-refractivity contribution in [3.63, 3.8) is 0 Å². The lowest BCUT2D eigenvalue weighted by atomic mass is 10.2. The standard InChI is InChI=1S/C11H15N3S/c1-3-11(2)12-10(15)14(13-11)9-7-5-4-6-8-9/h4-8,13H,3H2,1-2H3,(H,12,15)/t11-/m0/s1. The molecule has 1 aromatic rings. The molecule has 0 unspecified atom stereocenters. The first-order valence-electron chi connectivity index (χ1n) is 5.10. The molecule has 0 spiro atoms. The second kappa shape index (κ2) is 3.79. The monoisotopic (exact) mass is 221 g/mol. The van der Waals surface area contributed by atoms with Gasteiger partial charge in [0.15, 0.2) is 5.11 Å². The lowest BCUT2D eigenvalue weighted by Crippen LogP contribution is -2.47. The molecule has 1 atom stereocenters. The Hall–Kier alpha value is -1.13. The topological polar surface area (TPSA) is 27.3 Å². The molecule has 0 aromatic heterocycles. The molecule has 15 heavy (non-hydrogen) atoms. The maximum absolute atomic E-state index is 5.29. The molecule has 0 aliphatic carbocycles. The second-order valence-corrected chi connectivity index (χ2v) is 4.29. The van der Waals surface area contributed by atoms with Crippen molar-refractivity contribution in [3.05, 3.63) is 30.3 Å². The summed E-state index contributed by atoms with van der Waals surface area (Å²) < 4.78 is 0. The van der Waals surface area contributed by atoms with Gasteiger partial charge in [0.05, 0.1) is 5.69 Å². The molecule has 1 heterocycles. The van der Waals surface area contributed by atoms with Gasteiger partial charge >= 0.3 is 0 Å². The van der Waals surface area contributed by atoms with E-state index in [9.17, 15) is 0 Å². The van der Waals surface area contributed by atoms with E-state index in [0.717, 1.165) is 17.2 Å². The summed E-state index contributed by atoms with van der Waals surface area (Å²) in [7, 11) is 0. The fraction of sp³-hybridized carbons (Fsp3) is 0.364. The van der Waals surface area contributed by atoms with Gasteiger partial charge in [-0.05, 0) is 37.7 Å². The SMILES string of the molecule is CC[C@@]1(C)NC(=S)N(c2ccccc2)N1. The Bertz CT molecular complexity index is 365. The molecule has 2 rings (SSSR count). The number of hydrazine groups is 1. The van der Waals surface area contributed by atoms with Gasteiger partial charge in [-0.1, -0.05) is 25.1 Å². The molecule has 3 nitrogen and oxygen atoms in total. The molecular formula is C11H15N3S. The van der Waals surface area contributed by atoms with Gasteiger partial charge in [0.2, 0.25) is 0 Å². The van der Waals surface area contributed by atoms with Gasteiger partial charge in [0.1, 0.15) is 5.66 Å². The Morgan fingerprint density at radius 1 is 1.33 bits per heavy atom. The van der Waals surface area contributed by atoms with Crippen LogP contribution in [0.2, 0.25) is 0 Å². The highest BCUT2D eigenvalue weighted by Crippen LogP contribution is 2.20. The van der Waals surface area contributed by atoms with Crippen molar-refractivity contribution >= 4 is 23.0 Å². The molecule has 0 bridgehead atoms. The zero-order valence-corrected chi connectivity index (χ0v) is 9.77. The van der Waals surface area contributed by atoms with Gasteiger partial charge in [-0.15, -0.1) is 0 Å². The molecular weight excluding hydrogens is 206 g/mol. The number of benzene rings is 1. The van der Waals surface area contributed by atoms with Crippen molar-refractivity contribution in [2.45, 2.75) is 25.9 Å². The third-order valence-electron chi connectivity index (χ3n) is 2.67. The van der Waals surface area contributed by atoms with Crippen LogP contribution in [-0.4, -0.2) is 10.8 Å². The zero-order valence-electron chi connectivity index (χ0n) is 8.95. The smallest absolute Gasteiger partial charge is 0.189 e. The normalized spacial score (nSPS) is 25.5. The van der Waals surface area contributed by atoms with E-state index in [-0.39, 0.29) is 5.66 Å². The average molecular weight is 221 g/mol. The summed E-state index contributed by atoms with van der Waals surface area (Å²) in [6.45, 7) is 4.22. The van der Waals surface area contributed by atoms with Crippen LogP contribution in [0.25, 0.3) is 0 Å². The Balaban J connectivity index is 2.23. The molecule has 1 aliphatic heterocycles. The van der Waals surface area contributed by atoms with Gasteiger partial charge in [-0.3, -0.25) is 5.01 Å². The number of anilines is 1. The van der Waals surface area contributed by atoms with E-state index in [1.54, 1.807) is 0 Å². The highest BCUT2D eigenvalue weighted by Gasteiger charge is 2.34. The summed E-state index contributed by atoms with van der Waals surface area (Å²) in [5, 5.41) is 5.92. The molecule has 0 saturated carbocycles. The molecule has 0 amide bonds. The first-order chi connectivity index (χ1) is 7.14. The van der Waals surface area contributed by atoms with Crippen molar-refractivity contribution in [3.8, 4) is 0 Å². The van der Waals surface area contributed by atoms with E-state index < -0.39 is 0 Å². The minimum atomic E-state index is -0.132. The number of nitrogens with one attached hydrogen (secondary N) is 2. The van der Waals surface area contributed by atoms with Crippen molar-refractivity contribution in [1.29, 1.82) is 0 Å². The van der Waals surface area contributed by atoms with Crippen LogP contribution in [0, 0.1) is 0 Å². The van der Waals surface area contributed by atoms with Crippen molar-refractivity contribution < 1.29 is 0 Å². The van der Waals surface area contributed by atoms with E-state index in [0.29, 0.717) is 0 Å². The number of para-hydroxylation sites is 1. The Labute approximate surface area is 95.4 Å². The Morgan fingerprint density at radius 3 is 2.53 bits per heavy atom. The third-order valence-corrected chi connectivity index (χ3v) is 2.95. The highest BCUT2D eigenvalue weighted by molar-refractivity contribution is 7.80. The van der Waals surface area contributed by atoms with Crippen molar-refractivity contribution in [2.24, 2.45) is 0 Å². The number of hydrogen-bond donors (Lipinski definition) is 2. The van der Waals surface area contributed by atoms with E-state index in [1.165, 1.54) is 0 Å². The van der Waals surface area contributed by atoms with Crippen LogP contribution in [0.15, 0.2) is 30.3 Å². The number of thiocarbonyl (C=S) groups is 1. The van der Waals surface area contributed by atoms with E-state index >= 15 is 0 Å². The first-order valence-corrected chi connectivity index (χ1v) is 5.50. The van der Waals surface area contributed by atoms with Crippen LogP contribution in [0.5, 0.6) is 0 Å². The highest BCUT2D eigenvalue weighted by atomic mass is 32.1. The quantitative estimate of drug-likeness (QED) is 0.747. The van der Waals surface area contributed by atoms with Crippen LogP contribution >= 0.6 is 12.2 Å². The average Bonchev–Trinajstić information content (AvgIpc) is 2.57. The molecule has 2 N–H and O–H groups in total. The Morgan fingerprint density at radius 2 is 2.00 bits per heavy atom. The maximum atomic E-state index is 5.29. The number of hydrogen-bond acceptors (Lipinski definition) is 2. The van der Waals surface area contributed by atoms with Crippen molar-refractivity contribution in [2.75, 3.05) is 5.01 Å². The number of nitrogens with zero attached hydrogens (tertiary/aromatic N) is 1. The predicted molar refractivity (Wildman–Crippen MR) is 66.5 cm³/mol. The van der Waals surface area contributed by atoms with Crippen molar-refractivity contribution in [1.82, 2.24) is 10.7 Å². The molecule has 80 valence electrons. The van der Waals surface area contributed by atoms with Gasteiger partial charge in [-0.2, -0.15) is 0 Å². The van der Waals surface area contributed by atoms with Crippen LogP contribution < -0.4 is 15.8 Å². The lowest BCUT2D eigenvalue weighted by Gasteiger charge is -2.23. The summed E-state index contributed by atoms with van der Waals surface area (Å²) in [6, 6.07) is 10.1. The van der Waals surface area contributed by atoms with Crippen LogP contribution in [0.3, 0.4) is 0 Å². The summed E-state index contributed by atoms with van der Waals surface area (Å²) in [5.74, 6) is 0. The van der Waals surface area contributed by atoms with Gasteiger partial charge in [0, 0.05) is 0 Å². The zero-order chi connectivity index (χ0) is 10.9. The minimum absolute atomic E-state index is 0.132. The summed E-state index contributed by atoms with van der Waals surface area (Å²) in [4.78, 5) is 0. The molecule has 1 fully saturated rings. The fourth-order valence-electron chi connectivity index (χ4n) is 1.54. The van der Waals surface area contributed by atoms with E-state index in [1.807, 2.05) is 35.3 Å².